The Labute approximate surface area is 181 Å². The minimum absolute atomic E-state index is 0.0720. The second-order valence-electron chi connectivity index (χ2n) is 8.98. The Morgan fingerprint density at radius 2 is 1.45 bits per heavy atom. The average Bonchev–Trinajstić information content (AvgIpc) is 2.66. The van der Waals surface area contributed by atoms with Gasteiger partial charge in [-0.3, -0.25) is 0 Å². The molecule has 0 spiro atoms. The summed E-state index contributed by atoms with van der Waals surface area (Å²) in [4.78, 5) is 11.8. The molecule has 0 heterocycles. The van der Waals surface area contributed by atoms with E-state index in [0.717, 1.165) is 19.3 Å². The molecule has 0 aliphatic carbocycles. The van der Waals surface area contributed by atoms with E-state index in [1.54, 1.807) is 0 Å². The highest BCUT2D eigenvalue weighted by molar-refractivity contribution is 5.60. The highest BCUT2D eigenvalue weighted by Crippen LogP contribution is 2.17. The minimum atomic E-state index is -0.515. The Balaban J connectivity index is 3.51. The molecule has 0 aliphatic rings. The van der Waals surface area contributed by atoms with Crippen LogP contribution in [-0.2, 0) is 9.47 Å². The second-order valence-corrected chi connectivity index (χ2v) is 8.98. The van der Waals surface area contributed by atoms with Gasteiger partial charge >= 0.3 is 6.16 Å². The molecule has 0 aromatic rings. The van der Waals surface area contributed by atoms with Crippen molar-refractivity contribution in [1.29, 1.82) is 0 Å². The zero-order valence-electron chi connectivity index (χ0n) is 20.1. The van der Waals surface area contributed by atoms with Gasteiger partial charge in [-0.2, -0.15) is 0 Å². The molecule has 0 radical (unpaired) electrons. The molecule has 0 saturated carbocycles. The molecule has 0 bridgehead atoms. The zero-order valence-corrected chi connectivity index (χ0v) is 20.1. The Hall–Kier alpha value is -1.25. The predicted octanol–water partition coefficient (Wildman–Crippen LogP) is 8.49. The lowest BCUT2D eigenvalue weighted by atomic mass is 9.96. The monoisotopic (exact) mass is 408 g/mol. The Morgan fingerprint density at radius 3 is 2.07 bits per heavy atom. The van der Waals surface area contributed by atoms with Crippen LogP contribution < -0.4 is 0 Å². The molecular weight excluding hydrogens is 360 g/mol. The summed E-state index contributed by atoms with van der Waals surface area (Å²) in [5, 5.41) is 0. The van der Waals surface area contributed by atoms with Gasteiger partial charge in [0.2, 0.25) is 0 Å². The van der Waals surface area contributed by atoms with Gasteiger partial charge < -0.3 is 9.47 Å². The summed E-state index contributed by atoms with van der Waals surface area (Å²) in [7, 11) is 0. The first kappa shape index (κ1) is 27.8. The summed E-state index contributed by atoms with van der Waals surface area (Å²) in [6.07, 6.45) is 20.5. The molecule has 0 fully saturated rings. The van der Waals surface area contributed by atoms with Gasteiger partial charge in [-0.05, 0) is 49.9 Å². The van der Waals surface area contributed by atoms with E-state index in [2.05, 4.69) is 65.8 Å². The molecule has 0 amide bonds. The maximum atomic E-state index is 11.8. The van der Waals surface area contributed by atoms with E-state index in [1.807, 2.05) is 0 Å². The summed E-state index contributed by atoms with van der Waals surface area (Å²) < 4.78 is 10.6. The van der Waals surface area contributed by atoms with Crippen LogP contribution in [0.5, 0.6) is 0 Å². The number of hydrogen-bond acceptors (Lipinski definition) is 3. The van der Waals surface area contributed by atoms with Gasteiger partial charge in [0.25, 0.3) is 0 Å². The molecule has 29 heavy (non-hydrogen) atoms. The van der Waals surface area contributed by atoms with Crippen LogP contribution in [0, 0.1) is 17.8 Å². The number of carbonyl (C=O) groups excluding carboxylic acids is 1. The fourth-order valence-electron chi connectivity index (χ4n) is 3.57. The first-order valence-electron chi connectivity index (χ1n) is 12.0. The van der Waals surface area contributed by atoms with E-state index in [0.29, 0.717) is 24.4 Å². The van der Waals surface area contributed by atoms with Crippen LogP contribution in [0.4, 0.5) is 4.79 Å². The fraction of sp³-hybridized carbons (Fsp3) is 0.808. The molecule has 1 atom stereocenters. The van der Waals surface area contributed by atoms with Gasteiger partial charge in [0, 0.05) is 0 Å². The summed E-state index contributed by atoms with van der Waals surface area (Å²) in [6.45, 7) is 13.3. The van der Waals surface area contributed by atoms with E-state index in [4.69, 9.17) is 9.47 Å². The number of carbonyl (C=O) groups is 1. The third-order valence-corrected chi connectivity index (χ3v) is 5.18. The normalized spacial score (nSPS) is 13.3. The van der Waals surface area contributed by atoms with Crippen molar-refractivity contribution in [3.8, 4) is 0 Å². The molecular formula is C26H48O3. The lowest BCUT2D eigenvalue weighted by Crippen LogP contribution is -2.29. The number of ether oxygens (including phenoxy) is 2. The van der Waals surface area contributed by atoms with E-state index in [1.165, 1.54) is 44.9 Å². The van der Waals surface area contributed by atoms with Crippen LogP contribution >= 0.6 is 0 Å². The van der Waals surface area contributed by atoms with Crippen molar-refractivity contribution < 1.29 is 14.3 Å². The quantitative estimate of drug-likeness (QED) is 0.137. The number of unbranched alkanes of at least 4 members (excludes halogenated alkanes) is 6. The van der Waals surface area contributed by atoms with Crippen LogP contribution in [-0.4, -0.2) is 18.9 Å². The molecule has 0 N–H and O–H groups in total. The largest absolute Gasteiger partial charge is 0.508 e. The van der Waals surface area contributed by atoms with E-state index < -0.39 is 6.16 Å². The van der Waals surface area contributed by atoms with Crippen LogP contribution in [0.2, 0.25) is 0 Å². The maximum Gasteiger partial charge on any atom is 0.508 e. The van der Waals surface area contributed by atoms with Crippen LogP contribution in [0.3, 0.4) is 0 Å². The Kier molecular flexibility index (Phi) is 17.9. The zero-order chi connectivity index (χ0) is 21.9. The standard InChI is InChI=1S/C26H48O3/c1-7-19-24(6)20-17-15-13-11-9-8-10-12-14-16-18-21-28-26(27)29-25(22(2)3)23(4)5/h11,13,17,20,22-25H,7-10,12,14-16,18-19,21H2,1-6H3/b13-11-,20-17-. The van der Waals surface area contributed by atoms with Crippen molar-refractivity contribution >= 4 is 6.16 Å². The van der Waals surface area contributed by atoms with Crippen molar-refractivity contribution in [3.63, 3.8) is 0 Å². The highest BCUT2D eigenvalue weighted by atomic mass is 16.7. The minimum Gasteiger partial charge on any atom is -0.434 e. The van der Waals surface area contributed by atoms with Gasteiger partial charge in [-0.25, -0.2) is 4.79 Å². The van der Waals surface area contributed by atoms with Gasteiger partial charge in [0.15, 0.2) is 0 Å². The van der Waals surface area contributed by atoms with Gasteiger partial charge in [0.05, 0.1) is 6.61 Å². The van der Waals surface area contributed by atoms with E-state index >= 15 is 0 Å². The van der Waals surface area contributed by atoms with E-state index in [-0.39, 0.29) is 6.10 Å². The third-order valence-electron chi connectivity index (χ3n) is 5.18. The second kappa shape index (κ2) is 18.8. The van der Waals surface area contributed by atoms with Crippen LogP contribution in [0.1, 0.15) is 106 Å². The molecule has 0 rings (SSSR count). The van der Waals surface area contributed by atoms with Crippen LogP contribution in [0.25, 0.3) is 0 Å². The molecule has 3 heteroatoms. The van der Waals surface area contributed by atoms with Crippen molar-refractivity contribution in [2.75, 3.05) is 6.61 Å². The van der Waals surface area contributed by atoms with Crippen molar-refractivity contribution in [1.82, 2.24) is 0 Å². The topological polar surface area (TPSA) is 35.5 Å². The number of allylic oxidation sites excluding steroid dienone is 4. The highest BCUT2D eigenvalue weighted by Gasteiger charge is 2.22. The van der Waals surface area contributed by atoms with Gasteiger partial charge in [0.1, 0.15) is 6.10 Å². The van der Waals surface area contributed by atoms with Crippen molar-refractivity contribution in [2.24, 2.45) is 17.8 Å². The molecule has 3 nitrogen and oxygen atoms in total. The molecule has 0 saturated heterocycles. The average molecular weight is 409 g/mol. The lowest BCUT2D eigenvalue weighted by Gasteiger charge is -2.24. The van der Waals surface area contributed by atoms with Crippen molar-refractivity contribution in [3.05, 3.63) is 24.3 Å². The molecule has 170 valence electrons. The van der Waals surface area contributed by atoms with E-state index in [9.17, 15) is 4.79 Å². The number of rotatable bonds is 17. The van der Waals surface area contributed by atoms with Crippen molar-refractivity contribution in [2.45, 2.75) is 112 Å². The predicted molar refractivity (Wildman–Crippen MR) is 125 cm³/mol. The summed E-state index contributed by atoms with van der Waals surface area (Å²) in [5.41, 5.74) is 0. The smallest absolute Gasteiger partial charge is 0.434 e. The summed E-state index contributed by atoms with van der Waals surface area (Å²) in [5.74, 6) is 1.33. The molecule has 0 aliphatic heterocycles. The number of hydrogen-bond donors (Lipinski definition) is 0. The first-order chi connectivity index (χ1) is 13.9. The molecule has 0 aromatic heterocycles. The third kappa shape index (κ3) is 17.3. The summed E-state index contributed by atoms with van der Waals surface area (Å²) in [6, 6.07) is 0. The van der Waals surface area contributed by atoms with Crippen LogP contribution in [0.15, 0.2) is 24.3 Å². The maximum absolute atomic E-state index is 11.8. The first-order valence-corrected chi connectivity index (χ1v) is 12.0. The SMILES string of the molecule is CCCC(C)/C=C\C/C=C\CCCCCCCCOC(=O)OC(C(C)C)C(C)C. The lowest BCUT2D eigenvalue weighted by molar-refractivity contribution is -0.0110. The van der Waals surface area contributed by atoms with Gasteiger partial charge in [-0.15, -0.1) is 0 Å². The Morgan fingerprint density at radius 1 is 0.828 bits per heavy atom. The molecule has 1 unspecified atom stereocenters. The molecule has 0 aromatic carbocycles. The Bertz CT molecular complexity index is 429. The summed E-state index contributed by atoms with van der Waals surface area (Å²) >= 11 is 0. The van der Waals surface area contributed by atoms with Gasteiger partial charge in [-0.1, -0.05) is 98.0 Å². The fourth-order valence-corrected chi connectivity index (χ4v) is 3.57.